The van der Waals surface area contributed by atoms with Crippen LogP contribution in [0.1, 0.15) is 46.6 Å². The highest BCUT2D eigenvalue weighted by atomic mass is 35.5. The summed E-state index contributed by atoms with van der Waals surface area (Å²) in [5, 5.41) is 0.581. The van der Waals surface area contributed by atoms with E-state index in [0.29, 0.717) is 28.2 Å². The van der Waals surface area contributed by atoms with Crippen LogP contribution >= 0.6 is 11.6 Å². The molecular weight excluding hydrogens is 716 g/mol. The van der Waals surface area contributed by atoms with Gasteiger partial charge in [0, 0.05) is 36.0 Å². The van der Waals surface area contributed by atoms with E-state index in [-0.39, 0.29) is 50.5 Å². The summed E-state index contributed by atoms with van der Waals surface area (Å²) in [5.41, 5.74) is 10.00. The highest BCUT2D eigenvalue weighted by Crippen LogP contribution is 2.29. The Morgan fingerprint density at radius 1 is 0.943 bits per heavy atom. The molecule has 1 aliphatic rings. The van der Waals surface area contributed by atoms with E-state index in [9.17, 15) is 22.8 Å². The van der Waals surface area contributed by atoms with Crippen LogP contribution in [0.25, 0.3) is 11.1 Å². The van der Waals surface area contributed by atoms with Crippen molar-refractivity contribution in [1.29, 1.82) is 0 Å². The minimum Gasteiger partial charge on any atom is -0.434 e. The number of amides is 1. The van der Waals surface area contributed by atoms with Gasteiger partial charge in [0.1, 0.15) is 11.6 Å². The quantitative estimate of drug-likeness (QED) is 0.0936. The van der Waals surface area contributed by atoms with E-state index in [1.54, 1.807) is 60.7 Å². The number of fused-ring (bicyclic) bond motifs is 1. The first-order chi connectivity index (χ1) is 25.4. The minimum atomic E-state index is -3.81. The van der Waals surface area contributed by atoms with Gasteiger partial charge < -0.3 is 19.8 Å². The predicted molar refractivity (Wildman–Crippen MR) is 203 cm³/mol. The van der Waals surface area contributed by atoms with Gasteiger partial charge in [-0.1, -0.05) is 78.3 Å². The second-order valence-corrected chi connectivity index (χ2v) is 15.6. The molecule has 0 radical (unpaired) electrons. The summed E-state index contributed by atoms with van der Waals surface area (Å²) in [6, 6.07) is 28.5. The standard InChI is InChI=1S/C40H41ClN4O7S/c1-53(49,50)44-34(20-15-26-7-3-2-4-8-26)40(48)45-24-32(51-25-28-11-16-30(41)17-12-28)23-35(45)36(46)22-29(21-27-13-18-31(42)19-14-27)38(47)39-43-33-9-5-6-10-37(33)52-39/h2-14,16-19,29,32,34-35,44H,15,20-25,42H2,1H3/t29-,32-,34-,35+/m1/s1. The van der Waals surface area contributed by atoms with E-state index < -0.39 is 45.8 Å². The summed E-state index contributed by atoms with van der Waals surface area (Å²) in [5.74, 6) is -2.34. The third-order valence-corrected chi connectivity index (χ3v) is 10.3. The minimum absolute atomic E-state index is 0.0534. The van der Waals surface area contributed by atoms with E-state index >= 15 is 0 Å². The molecule has 0 unspecified atom stereocenters. The van der Waals surface area contributed by atoms with Crippen molar-refractivity contribution in [3.8, 4) is 0 Å². The Labute approximate surface area is 313 Å². The predicted octanol–water partition coefficient (Wildman–Crippen LogP) is 5.80. The summed E-state index contributed by atoms with van der Waals surface area (Å²) in [6.45, 7) is 0.261. The highest BCUT2D eigenvalue weighted by Gasteiger charge is 2.43. The summed E-state index contributed by atoms with van der Waals surface area (Å²) in [4.78, 5) is 48.7. The van der Waals surface area contributed by atoms with Crippen molar-refractivity contribution < 1.29 is 32.0 Å². The number of para-hydroxylation sites is 2. The number of aryl methyl sites for hydroxylation is 1. The smallest absolute Gasteiger partial charge is 0.264 e. The number of Topliss-reactive ketones (excluding diaryl/α,β-unsaturated/α-hetero) is 2. The summed E-state index contributed by atoms with van der Waals surface area (Å²) in [7, 11) is -3.81. The molecule has 11 nitrogen and oxygen atoms in total. The number of aromatic nitrogens is 1. The number of benzene rings is 4. The summed E-state index contributed by atoms with van der Waals surface area (Å²) in [6.07, 6.45) is 1.17. The van der Waals surface area contributed by atoms with Crippen LogP contribution in [0.4, 0.5) is 5.69 Å². The number of nitrogens with two attached hydrogens (primary N) is 1. The van der Waals surface area contributed by atoms with E-state index in [1.807, 2.05) is 42.5 Å². The van der Waals surface area contributed by atoms with Crippen molar-refractivity contribution in [2.24, 2.45) is 5.92 Å². The molecule has 1 fully saturated rings. The fourth-order valence-corrected chi connectivity index (χ4v) is 7.50. The van der Waals surface area contributed by atoms with Crippen LogP contribution in [0.5, 0.6) is 0 Å². The fraction of sp³-hybridized carbons (Fsp3) is 0.300. The lowest BCUT2D eigenvalue weighted by Crippen LogP contribution is -2.52. The first-order valence-electron chi connectivity index (χ1n) is 17.4. The number of nitrogens with one attached hydrogen (secondary N) is 1. The molecule has 1 aliphatic heterocycles. The number of nitrogen functional groups attached to an aromatic ring is 1. The molecule has 0 bridgehead atoms. The maximum absolute atomic E-state index is 14.4. The molecule has 1 amide bonds. The largest absolute Gasteiger partial charge is 0.434 e. The van der Waals surface area contributed by atoms with Crippen molar-refractivity contribution in [3.05, 3.63) is 131 Å². The molecule has 3 N–H and O–H groups in total. The molecule has 4 atom stereocenters. The molecule has 0 aliphatic carbocycles. The van der Waals surface area contributed by atoms with Crippen molar-refractivity contribution in [2.75, 3.05) is 18.5 Å². The third-order valence-electron chi connectivity index (χ3n) is 9.32. The van der Waals surface area contributed by atoms with Gasteiger partial charge in [0.15, 0.2) is 11.4 Å². The fourth-order valence-electron chi connectivity index (χ4n) is 6.64. The zero-order chi connectivity index (χ0) is 37.5. The van der Waals surface area contributed by atoms with Gasteiger partial charge in [-0.2, -0.15) is 0 Å². The maximum Gasteiger partial charge on any atom is 0.264 e. The SMILES string of the molecule is CS(=O)(=O)N[C@H](CCc1ccccc1)C(=O)N1C[C@H](OCc2ccc(Cl)cc2)C[C@H]1C(=O)C[C@@H](Cc1ccc(N)cc1)C(=O)c1nc2ccccc2o1. The molecule has 53 heavy (non-hydrogen) atoms. The van der Waals surface area contributed by atoms with Crippen molar-refractivity contribution in [1.82, 2.24) is 14.6 Å². The zero-order valence-corrected chi connectivity index (χ0v) is 30.8. The van der Waals surface area contributed by atoms with Gasteiger partial charge in [-0.15, -0.1) is 0 Å². The number of rotatable bonds is 16. The number of ketones is 2. The van der Waals surface area contributed by atoms with Gasteiger partial charge in [0.25, 0.3) is 5.89 Å². The number of hydrogen-bond acceptors (Lipinski definition) is 9. The first kappa shape index (κ1) is 37.9. The monoisotopic (exact) mass is 756 g/mol. The second kappa shape index (κ2) is 16.9. The second-order valence-electron chi connectivity index (χ2n) is 13.4. The molecule has 2 heterocycles. The van der Waals surface area contributed by atoms with E-state index in [1.165, 1.54) is 4.90 Å². The average molecular weight is 757 g/mol. The third kappa shape index (κ3) is 10.2. The van der Waals surface area contributed by atoms with Crippen LogP contribution < -0.4 is 10.5 Å². The number of anilines is 1. The number of nitrogens with zero attached hydrogens (tertiary/aromatic N) is 2. The number of ether oxygens (including phenoxy) is 1. The lowest BCUT2D eigenvalue weighted by atomic mass is 9.88. The summed E-state index contributed by atoms with van der Waals surface area (Å²) < 4.78 is 39.6. The topological polar surface area (TPSA) is 162 Å². The molecule has 0 saturated carbocycles. The van der Waals surface area contributed by atoms with Crippen molar-refractivity contribution in [2.45, 2.75) is 56.9 Å². The Kier molecular flexibility index (Phi) is 12.0. The average Bonchev–Trinajstić information content (AvgIpc) is 3.78. The van der Waals surface area contributed by atoms with E-state index in [4.69, 9.17) is 26.5 Å². The van der Waals surface area contributed by atoms with Crippen LogP contribution in [0, 0.1) is 5.92 Å². The Bertz CT molecular complexity index is 2130. The molecule has 5 aromatic rings. The lowest BCUT2D eigenvalue weighted by Gasteiger charge is -2.29. The van der Waals surface area contributed by atoms with Gasteiger partial charge in [0.05, 0.1) is 25.0 Å². The highest BCUT2D eigenvalue weighted by molar-refractivity contribution is 7.88. The Morgan fingerprint density at radius 2 is 1.62 bits per heavy atom. The number of carbonyl (C=O) groups excluding carboxylic acids is 3. The maximum atomic E-state index is 14.4. The molecule has 1 aromatic heterocycles. The molecule has 6 rings (SSSR count). The number of likely N-dealkylation sites (tertiary alicyclic amines) is 1. The Morgan fingerprint density at radius 3 is 2.32 bits per heavy atom. The van der Waals surface area contributed by atoms with Crippen LogP contribution in [0.15, 0.2) is 108 Å². The number of hydrogen-bond donors (Lipinski definition) is 2. The number of sulfonamides is 1. The molecule has 13 heteroatoms. The number of carbonyl (C=O) groups is 3. The van der Waals surface area contributed by atoms with Gasteiger partial charge in [-0.3, -0.25) is 14.4 Å². The Hall–Kier alpha value is -4.88. The Balaban J connectivity index is 1.28. The normalized spacial score (nSPS) is 17.1. The van der Waals surface area contributed by atoms with Crippen LogP contribution in [0.3, 0.4) is 0 Å². The van der Waals surface area contributed by atoms with Crippen molar-refractivity contribution in [3.63, 3.8) is 0 Å². The molecule has 4 aromatic carbocycles. The number of halogens is 1. The van der Waals surface area contributed by atoms with Crippen molar-refractivity contribution >= 4 is 55.9 Å². The zero-order valence-electron chi connectivity index (χ0n) is 29.2. The van der Waals surface area contributed by atoms with Gasteiger partial charge in [-0.25, -0.2) is 18.1 Å². The van der Waals surface area contributed by atoms with Gasteiger partial charge in [0.2, 0.25) is 21.7 Å². The molecule has 276 valence electrons. The van der Waals surface area contributed by atoms with Gasteiger partial charge in [-0.05, 0) is 72.4 Å². The van der Waals surface area contributed by atoms with Gasteiger partial charge >= 0.3 is 0 Å². The number of oxazole rings is 1. The first-order valence-corrected chi connectivity index (χ1v) is 19.6. The van der Waals surface area contributed by atoms with Crippen LogP contribution in [-0.4, -0.2) is 66.8 Å². The van der Waals surface area contributed by atoms with E-state index in [2.05, 4.69) is 9.71 Å². The van der Waals surface area contributed by atoms with E-state index in [0.717, 1.165) is 22.9 Å². The van der Waals surface area contributed by atoms with Crippen LogP contribution in [0.2, 0.25) is 5.02 Å². The molecule has 0 spiro atoms. The van der Waals surface area contributed by atoms with Crippen LogP contribution in [-0.2, 0) is 43.8 Å². The molecule has 1 saturated heterocycles. The molecular formula is C40H41ClN4O7S. The lowest BCUT2D eigenvalue weighted by molar-refractivity contribution is -0.139. The summed E-state index contributed by atoms with van der Waals surface area (Å²) >= 11 is 6.06.